The Labute approximate surface area is 81.8 Å². The Kier molecular flexibility index (Phi) is 5.09. The first kappa shape index (κ1) is 10.7. The minimum absolute atomic E-state index is 0.571. The van der Waals surface area contributed by atoms with Crippen LogP contribution in [0.15, 0.2) is 12.7 Å². The number of hydrogen-bond acceptors (Lipinski definition) is 2. The van der Waals surface area contributed by atoms with Crippen LogP contribution >= 0.6 is 0 Å². The van der Waals surface area contributed by atoms with Crippen LogP contribution in [0.1, 0.15) is 32.6 Å². The highest BCUT2D eigenvalue weighted by atomic mass is 15.0. The zero-order chi connectivity index (χ0) is 9.52. The van der Waals surface area contributed by atoms with E-state index in [1.54, 1.807) is 0 Å². The molecule has 76 valence electrons. The minimum Gasteiger partial charge on any atom is -0.313 e. The molecule has 2 heteroatoms. The Bertz CT molecular complexity index is 139. The standard InChI is InChI=1S/C11H22N2/c1-3-6-10(2)13-9-11-7-4-5-8-12-11/h3,10-13H,1,4-9H2,2H3. The molecule has 1 fully saturated rings. The van der Waals surface area contributed by atoms with Gasteiger partial charge in [-0.1, -0.05) is 12.5 Å². The summed E-state index contributed by atoms with van der Waals surface area (Å²) in [6.45, 7) is 8.26. The zero-order valence-corrected chi connectivity index (χ0v) is 8.68. The predicted molar refractivity (Wildman–Crippen MR) is 57.9 cm³/mol. The smallest absolute Gasteiger partial charge is 0.0192 e. The van der Waals surface area contributed by atoms with Crippen molar-refractivity contribution in [2.24, 2.45) is 0 Å². The van der Waals surface area contributed by atoms with E-state index >= 15 is 0 Å². The Hall–Kier alpha value is -0.340. The molecule has 1 aliphatic rings. The van der Waals surface area contributed by atoms with Gasteiger partial charge < -0.3 is 10.6 Å². The summed E-state index contributed by atoms with van der Waals surface area (Å²) >= 11 is 0. The molecule has 0 amide bonds. The molecule has 0 saturated carbocycles. The summed E-state index contributed by atoms with van der Waals surface area (Å²) in [4.78, 5) is 0. The lowest BCUT2D eigenvalue weighted by Gasteiger charge is -2.25. The molecule has 1 aliphatic heterocycles. The van der Waals surface area contributed by atoms with Crippen molar-refractivity contribution < 1.29 is 0 Å². The van der Waals surface area contributed by atoms with E-state index in [-0.39, 0.29) is 0 Å². The van der Waals surface area contributed by atoms with Crippen molar-refractivity contribution in [3.05, 3.63) is 12.7 Å². The van der Waals surface area contributed by atoms with Gasteiger partial charge in [0.25, 0.3) is 0 Å². The lowest BCUT2D eigenvalue weighted by Crippen LogP contribution is -2.43. The molecular formula is C11H22N2. The van der Waals surface area contributed by atoms with Crippen molar-refractivity contribution in [3.8, 4) is 0 Å². The Morgan fingerprint density at radius 1 is 1.62 bits per heavy atom. The molecule has 0 radical (unpaired) electrons. The van der Waals surface area contributed by atoms with Gasteiger partial charge >= 0.3 is 0 Å². The Morgan fingerprint density at radius 3 is 3.08 bits per heavy atom. The maximum absolute atomic E-state index is 3.74. The SMILES string of the molecule is C=CCC(C)NCC1CCCCN1. The van der Waals surface area contributed by atoms with Crippen LogP contribution in [0.5, 0.6) is 0 Å². The summed E-state index contributed by atoms with van der Waals surface area (Å²) < 4.78 is 0. The van der Waals surface area contributed by atoms with Gasteiger partial charge in [-0.25, -0.2) is 0 Å². The summed E-state index contributed by atoms with van der Waals surface area (Å²) in [7, 11) is 0. The van der Waals surface area contributed by atoms with E-state index in [0.29, 0.717) is 12.1 Å². The van der Waals surface area contributed by atoms with Gasteiger partial charge in [0.15, 0.2) is 0 Å². The molecule has 1 heterocycles. The molecule has 0 aromatic heterocycles. The lowest BCUT2D eigenvalue weighted by molar-refractivity contribution is 0.370. The second-order valence-corrected chi connectivity index (χ2v) is 3.98. The van der Waals surface area contributed by atoms with Gasteiger partial charge in [0.1, 0.15) is 0 Å². The average molecular weight is 182 g/mol. The van der Waals surface area contributed by atoms with E-state index in [1.807, 2.05) is 6.08 Å². The molecule has 0 spiro atoms. The highest BCUT2D eigenvalue weighted by molar-refractivity contribution is 4.79. The highest BCUT2D eigenvalue weighted by Gasteiger charge is 2.12. The summed E-state index contributed by atoms with van der Waals surface area (Å²) in [6.07, 6.45) is 7.10. The third-order valence-electron chi connectivity index (χ3n) is 2.65. The number of nitrogens with one attached hydrogen (secondary N) is 2. The molecule has 1 saturated heterocycles. The van der Waals surface area contributed by atoms with Crippen molar-refractivity contribution >= 4 is 0 Å². The first-order valence-electron chi connectivity index (χ1n) is 5.40. The van der Waals surface area contributed by atoms with Crippen LogP contribution in [0.2, 0.25) is 0 Å². The van der Waals surface area contributed by atoms with Crippen molar-refractivity contribution in [2.45, 2.75) is 44.7 Å². The summed E-state index contributed by atoms with van der Waals surface area (Å²) in [5.74, 6) is 0. The number of rotatable bonds is 5. The molecule has 2 atom stereocenters. The van der Waals surface area contributed by atoms with Crippen LogP contribution in [-0.2, 0) is 0 Å². The minimum atomic E-state index is 0.571. The predicted octanol–water partition coefficient (Wildman–Crippen LogP) is 1.68. The molecule has 2 N–H and O–H groups in total. The van der Waals surface area contributed by atoms with E-state index in [9.17, 15) is 0 Å². The third-order valence-corrected chi connectivity index (χ3v) is 2.65. The maximum Gasteiger partial charge on any atom is 0.0192 e. The summed E-state index contributed by atoms with van der Waals surface area (Å²) in [5, 5.41) is 7.05. The van der Waals surface area contributed by atoms with Gasteiger partial charge in [-0.15, -0.1) is 6.58 Å². The van der Waals surface area contributed by atoms with Gasteiger partial charge in [-0.05, 0) is 32.7 Å². The normalized spacial score (nSPS) is 25.5. The van der Waals surface area contributed by atoms with E-state index in [1.165, 1.54) is 25.8 Å². The molecule has 0 aromatic carbocycles. The van der Waals surface area contributed by atoms with Crippen molar-refractivity contribution in [3.63, 3.8) is 0 Å². The van der Waals surface area contributed by atoms with Gasteiger partial charge in [-0.3, -0.25) is 0 Å². The zero-order valence-electron chi connectivity index (χ0n) is 8.68. The third kappa shape index (κ3) is 4.44. The fourth-order valence-electron chi connectivity index (χ4n) is 1.77. The van der Waals surface area contributed by atoms with Crippen LogP contribution < -0.4 is 10.6 Å². The molecule has 13 heavy (non-hydrogen) atoms. The molecule has 0 bridgehead atoms. The molecule has 2 nitrogen and oxygen atoms in total. The summed E-state index contributed by atoms with van der Waals surface area (Å²) in [5.41, 5.74) is 0. The summed E-state index contributed by atoms with van der Waals surface area (Å²) in [6, 6.07) is 1.27. The Morgan fingerprint density at radius 2 is 2.46 bits per heavy atom. The highest BCUT2D eigenvalue weighted by Crippen LogP contribution is 2.06. The van der Waals surface area contributed by atoms with Crippen LogP contribution in [0.25, 0.3) is 0 Å². The fraction of sp³-hybridized carbons (Fsp3) is 0.818. The quantitative estimate of drug-likeness (QED) is 0.632. The van der Waals surface area contributed by atoms with E-state index < -0.39 is 0 Å². The average Bonchev–Trinajstić information content (AvgIpc) is 2.17. The molecule has 0 aromatic rings. The van der Waals surface area contributed by atoms with Gasteiger partial charge in [0.2, 0.25) is 0 Å². The fourth-order valence-corrected chi connectivity index (χ4v) is 1.77. The van der Waals surface area contributed by atoms with Crippen LogP contribution in [-0.4, -0.2) is 25.2 Å². The van der Waals surface area contributed by atoms with Gasteiger partial charge in [0, 0.05) is 18.6 Å². The molecular weight excluding hydrogens is 160 g/mol. The van der Waals surface area contributed by atoms with Crippen LogP contribution in [0.3, 0.4) is 0 Å². The van der Waals surface area contributed by atoms with Crippen molar-refractivity contribution in [2.75, 3.05) is 13.1 Å². The second kappa shape index (κ2) is 6.17. The molecule has 2 unspecified atom stereocenters. The molecule has 0 aliphatic carbocycles. The largest absolute Gasteiger partial charge is 0.313 e. The second-order valence-electron chi connectivity index (χ2n) is 3.98. The lowest BCUT2D eigenvalue weighted by atomic mass is 10.0. The van der Waals surface area contributed by atoms with E-state index in [4.69, 9.17) is 0 Å². The topological polar surface area (TPSA) is 24.1 Å². The van der Waals surface area contributed by atoms with Crippen molar-refractivity contribution in [1.29, 1.82) is 0 Å². The first-order chi connectivity index (χ1) is 6.33. The van der Waals surface area contributed by atoms with Gasteiger partial charge in [0.05, 0.1) is 0 Å². The number of piperidine rings is 1. The van der Waals surface area contributed by atoms with Gasteiger partial charge in [-0.2, -0.15) is 0 Å². The first-order valence-corrected chi connectivity index (χ1v) is 5.40. The Balaban J connectivity index is 2.06. The van der Waals surface area contributed by atoms with E-state index in [0.717, 1.165) is 13.0 Å². The maximum atomic E-state index is 3.74. The monoisotopic (exact) mass is 182 g/mol. The van der Waals surface area contributed by atoms with Crippen molar-refractivity contribution in [1.82, 2.24) is 10.6 Å². The number of hydrogen-bond donors (Lipinski definition) is 2. The van der Waals surface area contributed by atoms with Crippen LogP contribution in [0.4, 0.5) is 0 Å². The molecule has 1 rings (SSSR count). The van der Waals surface area contributed by atoms with E-state index in [2.05, 4.69) is 24.1 Å². The van der Waals surface area contributed by atoms with Crippen LogP contribution in [0, 0.1) is 0 Å².